The number of hydrogen-bond acceptors (Lipinski definition) is 4. The second-order valence-electron chi connectivity index (χ2n) is 3.79. The van der Waals surface area contributed by atoms with E-state index in [0.717, 1.165) is 12.8 Å². The minimum atomic E-state index is -3.33. The fourth-order valence-corrected chi connectivity index (χ4v) is 3.95. The lowest BCUT2D eigenvalue weighted by Gasteiger charge is -2.40. The number of nitrogens with two attached hydrogens (primary N) is 1. The molecule has 0 spiro atoms. The van der Waals surface area contributed by atoms with Gasteiger partial charge in [0, 0.05) is 11.3 Å². The van der Waals surface area contributed by atoms with E-state index in [1.165, 1.54) is 6.42 Å². The summed E-state index contributed by atoms with van der Waals surface area (Å²) in [6.45, 7) is 0.485. The summed E-state index contributed by atoms with van der Waals surface area (Å²) in [5.41, 5.74) is 5.20. The third-order valence-corrected chi connectivity index (χ3v) is 5.67. The molecule has 1 aliphatic carbocycles. The Morgan fingerprint density at radius 2 is 2.20 bits per heavy atom. The first-order valence-corrected chi connectivity index (χ1v) is 7.98. The van der Waals surface area contributed by atoms with E-state index in [4.69, 9.17) is 5.73 Å². The molecule has 1 rings (SSSR count). The van der Waals surface area contributed by atoms with Crippen LogP contribution in [0.2, 0.25) is 0 Å². The van der Waals surface area contributed by atoms with E-state index in [0.29, 0.717) is 6.54 Å². The second kappa shape index (κ2) is 4.99. The molecule has 0 bridgehead atoms. The fourth-order valence-electron chi connectivity index (χ4n) is 1.50. The SMILES string of the molecule is CSC1(CNS(=O)(=O)CC(N)=S)CCC1. The van der Waals surface area contributed by atoms with E-state index in [-0.39, 0.29) is 15.5 Å². The number of rotatable bonds is 6. The standard InChI is InChI=1S/C8H16N2O2S3/c1-14-8(3-2-4-8)6-10-15(11,12)5-7(9)13/h10H,2-6H2,1H3,(H2,9,13). The topological polar surface area (TPSA) is 72.2 Å². The van der Waals surface area contributed by atoms with Crippen LogP contribution in [0, 0.1) is 0 Å². The van der Waals surface area contributed by atoms with Crippen LogP contribution in [-0.4, -0.2) is 36.7 Å². The van der Waals surface area contributed by atoms with Crippen molar-refractivity contribution < 1.29 is 8.42 Å². The van der Waals surface area contributed by atoms with E-state index < -0.39 is 10.0 Å². The van der Waals surface area contributed by atoms with Gasteiger partial charge in [0.05, 0.1) is 4.99 Å². The Hall–Kier alpha value is 0.150. The van der Waals surface area contributed by atoms with Gasteiger partial charge in [-0.2, -0.15) is 11.8 Å². The van der Waals surface area contributed by atoms with Gasteiger partial charge in [-0.1, -0.05) is 18.6 Å². The van der Waals surface area contributed by atoms with Gasteiger partial charge in [-0.05, 0) is 19.1 Å². The zero-order valence-corrected chi connectivity index (χ0v) is 11.1. The summed E-state index contributed by atoms with van der Waals surface area (Å²) in [7, 11) is -3.33. The molecular formula is C8H16N2O2S3. The van der Waals surface area contributed by atoms with Crippen LogP contribution in [0.25, 0.3) is 0 Å². The van der Waals surface area contributed by atoms with Crippen molar-refractivity contribution in [2.45, 2.75) is 24.0 Å². The first-order chi connectivity index (χ1) is 6.89. The molecule has 0 aromatic heterocycles. The predicted octanol–water partition coefficient (Wildman–Crippen LogP) is 0.478. The van der Waals surface area contributed by atoms with Crippen molar-refractivity contribution in [2.75, 3.05) is 18.6 Å². The minimum Gasteiger partial charge on any atom is -0.392 e. The Morgan fingerprint density at radius 1 is 1.60 bits per heavy atom. The van der Waals surface area contributed by atoms with E-state index in [9.17, 15) is 8.42 Å². The van der Waals surface area contributed by atoms with E-state index in [2.05, 4.69) is 16.9 Å². The molecule has 0 radical (unpaired) electrons. The van der Waals surface area contributed by atoms with Gasteiger partial charge in [0.25, 0.3) is 0 Å². The maximum absolute atomic E-state index is 11.5. The highest BCUT2D eigenvalue weighted by Crippen LogP contribution is 2.42. The van der Waals surface area contributed by atoms with Crippen molar-refractivity contribution in [2.24, 2.45) is 5.73 Å². The molecule has 0 unspecified atom stereocenters. The molecule has 0 aromatic carbocycles. The van der Waals surface area contributed by atoms with Crippen LogP contribution in [0.1, 0.15) is 19.3 Å². The van der Waals surface area contributed by atoms with Gasteiger partial charge in [-0.25, -0.2) is 13.1 Å². The molecule has 0 amide bonds. The largest absolute Gasteiger partial charge is 0.392 e. The maximum Gasteiger partial charge on any atom is 0.218 e. The Kier molecular flexibility index (Phi) is 4.39. The van der Waals surface area contributed by atoms with Gasteiger partial charge in [-0.3, -0.25) is 0 Å². The Morgan fingerprint density at radius 3 is 2.53 bits per heavy atom. The van der Waals surface area contributed by atoms with E-state index >= 15 is 0 Å². The molecule has 0 atom stereocenters. The zero-order chi connectivity index (χ0) is 11.5. The summed E-state index contributed by atoms with van der Waals surface area (Å²) < 4.78 is 25.6. The number of sulfonamides is 1. The fraction of sp³-hybridized carbons (Fsp3) is 0.875. The van der Waals surface area contributed by atoms with Gasteiger partial charge in [0.15, 0.2) is 0 Å². The summed E-state index contributed by atoms with van der Waals surface area (Å²) in [6.07, 6.45) is 5.34. The van der Waals surface area contributed by atoms with Gasteiger partial charge < -0.3 is 5.73 Å². The number of hydrogen-bond donors (Lipinski definition) is 2. The molecule has 1 saturated carbocycles. The Labute approximate surface area is 100 Å². The number of thiocarbonyl (C=S) groups is 1. The van der Waals surface area contributed by atoms with E-state index in [1.807, 2.05) is 6.26 Å². The van der Waals surface area contributed by atoms with Crippen LogP contribution in [0.3, 0.4) is 0 Å². The Balaban J connectivity index is 2.45. The summed E-state index contributed by atoms with van der Waals surface area (Å²) >= 11 is 6.30. The van der Waals surface area contributed by atoms with Crippen LogP contribution in [-0.2, 0) is 10.0 Å². The van der Waals surface area contributed by atoms with Crippen molar-refractivity contribution in [3.8, 4) is 0 Å². The summed E-state index contributed by atoms with van der Waals surface area (Å²) in [5, 5.41) is 0. The van der Waals surface area contributed by atoms with Crippen LogP contribution in [0.4, 0.5) is 0 Å². The summed E-state index contributed by atoms with van der Waals surface area (Å²) in [6, 6.07) is 0. The highest BCUT2D eigenvalue weighted by Gasteiger charge is 2.36. The van der Waals surface area contributed by atoms with Crippen molar-refractivity contribution in [3.05, 3.63) is 0 Å². The highest BCUT2D eigenvalue weighted by molar-refractivity contribution is 8.00. The van der Waals surface area contributed by atoms with Crippen LogP contribution < -0.4 is 10.5 Å². The third-order valence-electron chi connectivity index (χ3n) is 2.64. The average Bonchev–Trinajstić information content (AvgIpc) is 2.00. The summed E-state index contributed by atoms with van der Waals surface area (Å²) in [5.74, 6) is -0.257. The molecule has 0 aliphatic heterocycles. The lowest BCUT2D eigenvalue weighted by Crippen LogP contribution is -2.46. The van der Waals surface area contributed by atoms with Gasteiger partial charge in [0.2, 0.25) is 10.0 Å². The zero-order valence-electron chi connectivity index (χ0n) is 8.65. The molecule has 1 fully saturated rings. The lowest BCUT2D eigenvalue weighted by molar-refractivity contribution is 0.362. The van der Waals surface area contributed by atoms with Gasteiger partial charge in [0.1, 0.15) is 5.75 Å². The van der Waals surface area contributed by atoms with Crippen LogP contribution in [0.15, 0.2) is 0 Å². The van der Waals surface area contributed by atoms with Crippen LogP contribution >= 0.6 is 24.0 Å². The average molecular weight is 268 g/mol. The highest BCUT2D eigenvalue weighted by atomic mass is 32.2. The van der Waals surface area contributed by atoms with Crippen molar-refractivity contribution >= 4 is 39.0 Å². The molecule has 7 heteroatoms. The van der Waals surface area contributed by atoms with Crippen LogP contribution in [0.5, 0.6) is 0 Å². The van der Waals surface area contributed by atoms with Crippen molar-refractivity contribution in [3.63, 3.8) is 0 Å². The second-order valence-corrected chi connectivity index (χ2v) is 7.39. The van der Waals surface area contributed by atoms with Crippen molar-refractivity contribution in [1.29, 1.82) is 0 Å². The monoisotopic (exact) mass is 268 g/mol. The molecule has 1 aliphatic rings. The first kappa shape index (κ1) is 13.2. The van der Waals surface area contributed by atoms with Gasteiger partial charge in [-0.15, -0.1) is 0 Å². The Bertz CT molecular complexity index is 330. The molecule has 0 heterocycles. The first-order valence-electron chi connectivity index (χ1n) is 4.70. The molecule has 15 heavy (non-hydrogen) atoms. The summed E-state index contributed by atoms with van der Waals surface area (Å²) in [4.78, 5) is 0.00862. The van der Waals surface area contributed by atoms with Crippen molar-refractivity contribution in [1.82, 2.24) is 4.72 Å². The number of nitrogens with one attached hydrogen (secondary N) is 1. The molecule has 4 nitrogen and oxygen atoms in total. The normalized spacial score (nSPS) is 19.5. The van der Waals surface area contributed by atoms with E-state index in [1.54, 1.807) is 11.8 Å². The number of thioether (sulfide) groups is 1. The third kappa shape index (κ3) is 3.90. The molecule has 88 valence electrons. The predicted molar refractivity (Wildman–Crippen MR) is 68.7 cm³/mol. The quantitative estimate of drug-likeness (QED) is 0.686. The molecule has 0 aromatic rings. The minimum absolute atomic E-state index is 0.00862. The molecule has 3 N–H and O–H groups in total. The molecule has 0 saturated heterocycles. The lowest BCUT2D eigenvalue weighted by atomic mass is 9.84. The van der Waals surface area contributed by atoms with Gasteiger partial charge >= 0.3 is 0 Å². The molecular weight excluding hydrogens is 252 g/mol. The maximum atomic E-state index is 11.5. The smallest absolute Gasteiger partial charge is 0.218 e.